The smallest absolute Gasteiger partial charge is 0.123 e. The quantitative estimate of drug-likeness (QED) is 0.659. The van der Waals surface area contributed by atoms with E-state index in [0.717, 1.165) is 54.2 Å². The van der Waals surface area contributed by atoms with E-state index in [1.54, 1.807) is 7.11 Å². The molecule has 1 aliphatic rings. The number of aromatic nitrogens is 3. The first kappa shape index (κ1) is 16.5. The molecule has 0 radical (unpaired) electrons. The van der Waals surface area contributed by atoms with Crippen LogP contribution in [-0.4, -0.2) is 59.6 Å². The van der Waals surface area contributed by atoms with Gasteiger partial charge in [0.25, 0.3) is 0 Å². The van der Waals surface area contributed by atoms with E-state index in [0.29, 0.717) is 6.54 Å². The summed E-state index contributed by atoms with van der Waals surface area (Å²) < 4.78 is 12.8. The van der Waals surface area contributed by atoms with Gasteiger partial charge in [0.15, 0.2) is 0 Å². The van der Waals surface area contributed by atoms with Crippen molar-refractivity contribution in [3.05, 3.63) is 53.6 Å². The van der Waals surface area contributed by atoms with Crippen molar-refractivity contribution in [2.24, 2.45) is 5.10 Å². The number of hydrogen-bond donors (Lipinski definition) is 0. The zero-order chi connectivity index (χ0) is 17.8. The lowest BCUT2D eigenvalue weighted by Gasteiger charge is -2.23. The normalized spacial score (nSPS) is 15.0. The molecule has 2 heterocycles. The molecule has 0 bridgehead atoms. The Morgan fingerprint density at radius 1 is 1.19 bits per heavy atom. The maximum Gasteiger partial charge on any atom is 0.123 e. The molecule has 0 N–H and O–H groups in total. The molecule has 1 fully saturated rings. The zero-order valence-electron chi connectivity index (χ0n) is 14.7. The highest BCUT2D eigenvalue weighted by Crippen LogP contribution is 2.22. The van der Waals surface area contributed by atoms with Crippen LogP contribution in [0.3, 0.4) is 0 Å². The molecule has 3 aromatic rings. The molecular weight excluding hydrogens is 330 g/mol. The minimum atomic E-state index is 0.586. The van der Waals surface area contributed by atoms with E-state index in [-0.39, 0.29) is 0 Å². The maximum absolute atomic E-state index is 5.52. The first-order valence-electron chi connectivity index (χ1n) is 8.65. The molecule has 0 atom stereocenters. The van der Waals surface area contributed by atoms with Gasteiger partial charge in [-0.2, -0.15) is 5.10 Å². The molecule has 4 rings (SSSR count). The molecule has 7 heteroatoms. The summed E-state index contributed by atoms with van der Waals surface area (Å²) in [5.74, 6) is 0.827. The van der Waals surface area contributed by atoms with Gasteiger partial charge in [-0.05, 0) is 35.9 Å². The van der Waals surface area contributed by atoms with Crippen LogP contribution in [0.4, 0.5) is 0 Å². The van der Waals surface area contributed by atoms with E-state index >= 15 is 0 Å². The molecule has 1 saturated heterocycles. The van der Waals surface area contributed by atoms with E-state index in [2.05, 4.69) is 21.5 Å². The van der Waals surface area contributed by atoms with E-state index in [1.165, 1.54) is 0 Å². The second-order valence-electron chi connectivity index (χ2n) is 6.12. The second-order valence-corrected chi connectivity index (χ2v) is 6.12. The number of benzene rings is 2. The highest BCUT2D eigenvalue weighted by atomic mass is 16.5. The Kier molecular flexibility index (Phi) is 4.79. The Hall–Kier alpha value is -2.93. The number of nitrogens with zero attached hydrogens (tertiary/aromatic N) is 5. The standard InChI is InChI=1S/C19H21N5O2/c1-25-19-7-6-15(13-20-23-8-10-26-11-9-23)12-16(19)14-24-18-5-3-2-4-17(18)21-22-24/h2-7,12-13H,8-11,14H2,1H3/b20-13-. The lowest BCUT2D eigenvalue weighted by Crippen LogP contribution is -2.32. The lowest BCUT2D eigenvalue weighted by atomic mass is 10.1. The lowest BCUT2D eigenvalue weighted by molar-refractivity contribution is 0.0397. The molecule has 134 valence electrons. The van der Waals surface area contributed by atoms with E-state index in [4.69, 9.17) is 9.47 Å². The van der Waals surface area contributed by atoms with Gasteiger partial charge in [-0.25, -0.2) is 4.68 Å². The summed E-state index contributed by atoms with van der Waals surface area (Å²) in [6.45, 7) is 3.69. The van der Waals surface area contributed by atoms with Crippen LogP contribution in [0, 0.1) is 0 Å². The van der Waals surface area contributed by atoms with Gasteiger partial charge < -0.3 is 9.47 Å². The molecule has 1 aliphatic heterocycles. The van der Waals surface area contributed by atoms with E-state index < -0.39 is 0 Å². The molecule has 0 aliphatic carbocycles. The van der Waals surface area contributed by atoms with Crippen molar-refractivity contribution < 1.29 is 9.47 Å². The van der Waals surface area contributed by atoms with Crippen molar-refractivity contribution in [3.8, 4) is 5.75 Å². The number of hydrazone groups is 1. The molecule has 0 spiro atoms. The highest BCUT2D eigenvalue weighted by Gasteiger charge is 2.10. The molecule has 0 amide bonds. The Morgan fingerprint density at radius 3 is 2.88 bits per heavy atom. The summed E-state index contributed by atoms with van der Waals surface area (Å²) in [6, 6.07) is 14.0. The topological polar surface area (TPSA) is 64.8 Å². The SMILES string of the molecule is COc1ccc(/C=N\N2CCOCC2)cc1Cn1nnc2ccccc21. The van der Waals surface area contributed by atoms with Crippen LogP contribution in [0.15, 0.2) is 47.6 Å². The van der Waals surface area contributed by atoms with Gasteiger partial charge in [0.05, 0.1) is 51.7 Å². The van der Waals surface area contributed by atoms with Crippen LogP contribution in [0.1, 0.15) is 11.1 Å². The number of para-hydroxylation sites is 1. The summed E-state index contributed by atoms with van der Waals surface area (Å²) in [5, 5.41) is 15.1. The van der Waals surface area contributed by atoms with Crippen LogP contribution in [0.25, 0.3) is 11.0 Å². The van der Waals surface area contributed by atoms with Crippen LogP contribution >= 0.6 is 0 Å². The van der Waals surface area contributed by atoms with Crippen molar-refractivity contribution in [1.82, 2.24) is 20.0 Å². The molecule has 0 unspecified atom stereocenters. The number of rotatable bonds is 5. The molecule has 1 aromatic heterocycles. The van der Waals surface area contributed by atoms with Crippen molar-refractivity contribution in [3.63, 3.8) is 0 Å². The van der Waals surface area contributed by atoms with Crippen LogP contribution in [-0.2, 0) is 11.3 Å². The summed E-state index contributed by atoms with van der Waals surface area (Å²) in [5.41, 5.74) is 3.95. The van der Waals surface area contributed by atoms with Crippen molar-refractivity contribution >= 4 is 17.2 Å². The van der Waals surface area contributed by atoms with Crippen LogP contribution in [0.2, 0.25) is 0 Å². The average molecular weight is 351 g/mol. The first-order valence-corrected chi connectivity index (χ1v) is 8.65. The van der Waals surface area contributed by atoms with Crippen molar-refractivity contribution in [2.45, 2.75) is 6.54 Å². The van der Waals surface area contributed by atoms with Gasteiger partial charge in [-0.1, -0.05) is 17.3 Å². The number of hydrogen-bond acceptors (Lipinski definition) is 6. The molecule has 2 aromatic carbocycles. The fraction of sp³-hybridized carbons (Fsp3) is 0.316. The monoisotopic (exact) mass is 351 g/mol. The predicted molar refractivity (Wildman–Crippen MR) is 99.6 cm³/mol. The predicted octanol–water partition coefficient (Wildman–Crippen LogP) is 2.15. The molecule has 0 saturated carbocycles. The molecular formula is C19H21N5O2. The third kappa shape index (κ3) is 3.52. The Balaban J connectivity index is 1.59. The third-order valence-electron chi connectivity index (χ3n) is 4.40. The number of fused-ring (bicyclic) bond motifs is 1. The van der Waals surface area contributed by atoms with Gasteiger partial charge in [0.1, 0.15) is 11.3 Å². The van der Waals surface area contributed by atoms with Gasteiger partial charge in [-0.3, -0.25) is 5.01 Å². The van der Waals surface area contributed by atoms with Crippen molar-refractivity contribution in [2.75, 3.05) is 33.4 Å². The minimum absolute atomic E-state index is 0.586. The number of ether oxygens (including phenoxy) is 2. The van der Waals surface area contributed by atoms with E-state index in [9.17, 15) is 0 Å². The molecule has 26 heavy (non-hydrogen) atoms. The minimum Gasteiger partial charge on any atom is -0.496 e. The van der Waals surface area contributed by atoms with E-state index in [1.807, 2.05) is 52.3 Å². The highest BCUT2D eigenvalue weighted by molar-refractivity contribution is 5.80. The Bertz CT molecular complexity index is 915. The Morgan fingerprint density at radius 2 is 2.04 bits per heavy atom. The second kappa shape index (κ2) is 7.53. The third-order valence-corrected chi connectivity index (χ3v) is 4.40. The first-order chi connectivity index (χ1) is 12.8. The van der Waals surface area contributed by atoms with Crippen LogP contribution < -0.4 is 4.74 Å². The average Bonchev–Trinajstić information content (AvgIpc) is 3.10. The zero-order valence-corrected chi connectivity index (χ0v) is 14.7. The Labute approximate surface area is 151 Å². The van der Waals surface area contributed by atoms with Crippen LogP contribution in [0.5, 0.6) is 5.75 Å². The largest absolute Gasteiger partial charge is 0.496 e. The summed E-state index contributed by atoms with van der Waals surface area (Å²) in [4.78, 5) is 0. The summed E-state index contributed by atoms with van der Waals surface area (Å²) in [7, 11) is 1.68. The number of morpholine rings is 1. The number of methoxy groups -OCH3 is 1. The fourth-order valence-corrected chi connectivity index (χ4v) is 3.02. The molecule has 7 nitrogen and oxygen atoms in total. The van der Waals surface area contributed by atoms with Gasteiger partial charge >= 0.3 is 0 Å². The van der Waals surface area contributed by atoms with Gasteiger partial charge in [0, 0.05) is 5.56 Å². The van der Waals surface area contributed by atoms with Gasteiger partial charge in [0.2, 0.25) is 0 Å². The summed E-state index contributed by atoms with van der Waals surface area (Å²) >= 11 is 0. The fourth-order valence-electron chi connectivity index (χ4n) is 3.02. The summed E-state index contributed by atoms with van der Waals surface area (Å²) in [6.07, 6.45) is 1.88. The van der Waals surface area contributed by atoms with Gasteiger partial charge in [-0.15, -0.1) is 5.10 Å². The maximum atomic E-state index is 5.52. The van der Waals surface area contributed by atoms with Crippen molar-refractivity contribution in [1.29, 1.82) is 0 Å².